The highest BCUT2D eigenvalue weighted by Crippen LogP contribution is 2.41. The van der Waals surface area contributed by atoms with Gasteiger partial charge in [0.15, 0.2) is 23.1 Å². The van der Waals surface area contributed by atoms with Crippen molar-refractivity contribution in [2.45, 2.75) is 13.3 Å². The fourth-order valence-corrected chi connectivity index (χ4v) is 3.44. The Kier molecular flexibility index (Phi) is 3.68. The van der Waals surface area contributed by atoms with Gasteiger partial charge in [-0.25, -0.2) is 8.78 Å². The van der Waals surface area contributed by atoms with E-state index in [2.05, 4.69) is 0 Å². The summed E-state index contributed by atoms with van der Waals surface area (Å²) in [5, 5.41) is 1.38. The number of hydrogen-bond donors (Lipinski definition) is 0. The topological polar surface area (TPSA) is 18.5 Å². The largest absolute Gasteiger partial charge is 0.494 e. The Morgan fingerprint density at radius 3 is 2.10 bits per heavy atom. The van der Waals surface area contributed by atoms with Crippen LogP contribution in [0.3, 0.4) is 0 Å². The number of fused-ring (bicyclic) bond motifs is 3. The average molecular weight is 308 g/mol. The minimum absolute atomic E-state index is 0.164. The van der Waals surface area contributed by atoms with Gasteiger partial charge in [0.25, 0.3) is 0 Å². The van der Waals surface area contributed by atoms with Crippen LogP contribution >= 0.6 is 11.3 Å². The molecule has 0 aliphatic heterocycles. The molecule has 3 aromatic rings. The Hall–Kier alpha value is -1.88. The highest BCUT2D eigenvalue weighted by molar-refractivity contribution is 7.25. The molecular weight excluding hydrogens is 294 g/mol. The van der Waals surface area contributed by atoms with Gasteiger partial charge in [0, 0.05) is 10.8 Å². The summed E-state index contributed by atoms with van der Waals surface area (Å²) in [6.45, 7) is 2.41. The quantitative estimate of drug-likeness (QED) is 0.665. The van der Waals surface area contributed by atoms with Crippen molar-refractivity contribution in [2.75, 3.05) is 13.7 Å². The predicted octanol–water partition coefficient (Wildman–Crippen LogP) is 5.13. The van der Waals surface area contributed by atoms with Gasteiger partial charge in [0.2, 0.25) is 0 Å². The zero-order valence-electron chi connectivity index (χ0n) is 11.7. The molecule has 0 atom stereocenters. The fraction of sp³-hybridized carbons (Fsp3) is 0.250. The van der Waals surface area contributed by atoms with E-state index >= 15 is 0 Å². The summed E-state index contributed by atoms with van der Waals surface area (Å²) in [7, 11) is 1.41. The van der Waals surface area contributed by atoms with Crippen molar-refractivity contribution in [3.05, 3.63) is 35.9 Å². The minimum atomic E-state index is -0.452. The van der Waals surface area contributed by atoms with Crippen LogP contribution in [-0.4, -0.2) is 13.7 Å². The van der Waals surface area contributed by atoms with E-state index in [1.54, 1.807) is 24.3 Å². The van der Waals surface area contributed by atoms with E-state index < -0.39 is 11.6 Å². The average Bonchev–Trinajstić information content (AvgIpc) is 2.88. The standard InChI is InChI=1S/C16H14F2O2S/c1-3-8-20-12-7-5-10-9-4-6-11(19-2)13(17)15(9)21-16(10)14(12)18/h4-7H,3,8H2,1-2H3. The predicted molar refractivity (Wildman–Crippen MR) is 81.6 cm³/mol. The van der Waals surface area contributed by atoms with E-state index in [9.17, 15) is 8.78 Å². The SMILES string of the molecule is CCCOc1ccc2c(sc3c(F)c(OC)ccc32)c1F. The molecule has 21 heavy (non-hydrogen) atoms. The highest BCUT2D eigenvalue weighted by Gasteiger charge is 2.17. The third kappa shape index (κ3) is 2.21. The maximum atomic E-state index is 14.5. The lowest BCUT2D eigenvalue weighted by atomic mass is 10.1. The monoisotopic (exact) mass is 308 g/mol. The van der Waals surface area contributed by atoms with Crippen LogP contribution in [0.2, 0.25) is 0 Å². The van der Waals surface area contributed by atoms with Crippen LogP contribution in [0.4, 0.5) is 8.78 Å². The summed E-state index contributed by atoms with van der Waals surface area (Å²) < 4.78 is 39.9. The van der Waals surface area contributed by atoms with Gasteiger partial charge < -0.3 is 9.47 Å². The summed E-state index contributed by atoms with van der Waals surface area (Å²) in [5.74, 6) is -0.507. The molecule has 0 saturated carbocycles. The maximum Gasteiger partial charge on any atom is 0.182 e. The first-order chi connectivity index (χ1) is 10.2. The van der Waals surface area contributed by atoms with Gasteiger partial charge in [-0.15, -0.1) is 11.3 Å². The van der Waals surface area contributed by atoms with Crippen molar-refractivity contribution in [3.63, 3.8) is 0 Å². The Morgan fingerprint density at radius 1 is 0.952 bits per heavy atom. The van der Waals surface area contributed by atoms with E-state index in [0.717, 1.165) is 17.8 Å². The third-order valence-corrected chi connectivity index (χ3v) is 4.51. The second-order valence-corrected chi connectivity index (χ2v) is 5.68. The molecule has 0 spiro atoms. The lowest BCUT2D eigenvalue weighted by Gasteiger charge is -2.05. The van der Waals surface area contributed by atoms with Crippen molar-refractivity contribution >= 4 is 31.5 Å². The van der Waals surface area contributed by atoms with Crippen molar-refractivity contribution in [2.24, 2.45) is 0 Å². The number of ether oxygens (including phenoxy) is 2. The van der Waals surface area contributed by atoms with Crippen LogP contribution in [0.5, 0.6) is 11.5 Å². The third-order valence-electron chi connectivity index (χ3n) is 3.30. The number of rotatable bonds is 4. The molecule has 5 heteroatoms. The number of hydrogen-bond acceptors (Lipinski definition) is 3. The summed E-state index contributed by atoms with van der Waals surface area (Å²) >= 11 is 1.08. The van der Waals surface area contributed by atoms with E-state index in [1.165, 1.54) is 7.11 Å². The van der Waals surface area contributed by atoms with Crippen LogP contribution in [0.1, 0.15) is 13.3 Å². The van der Waals surface area contributed by atoms with E-state index in [4.69, 9.17) is 9.47 Å². The lowest BCUT2D eigenvalue weighted by molar-refractivity contribution is 0.303. The molecule has 1 heterocycles. The summed E-state index contributed by atoms with van der Waals surface area (Å²) in [5.41, 5.74) is 0. The molecule has 0 aliphatic rings. The van der Waals surface area contributed by atoms with Crippen LogP contribution in [-0.2, 0) is 0 Å². The van der Waals surface area contributed by atoms with E-state index in [1.807, 2.05) is 6.92 Å². The van der Waals surface area contributed by atoms with Gasteiger partial charge in [-0.2, -0.15) is 0 Å². The van der Waals surface area contributed by atoms with Crippen molar-refractivity contribution in [1.82, 2.24) is 0 Å². The second-order valence-electron chi connectivity index (χ2n) is 4.66. The van der Waals surface area contributed by atoms with Crippen molar-refractivity contribution in [3.8, 4) is 11.5 Å². The second kappa shape index (κ2) is 5.48. The van der Waals surface area contributed by atoms with E-state index in [-0.39, 0.29) is 11.5 Å². The summed E-state index contributed by atoms with van der Waals surface area (Å²) in [4.78, 5) is 0. The first-order valence-corrected chi connectivity index (χ1v) is 7.49. The molecular formula is C16H14F2O2S. The fourth-order valence-electron chi connectivity index (χ4n) is 2.28. The molecule has 3 rings (SSSR count). The Balaban J connectivity index is 2.25. The lowest BCUT2D eigenvalue weighted by Crippen LogP contribution is -1.97. The van der Waals surface area contributed by atoms with Gasteiger partial charge in [-0.05, 0) is 30.7 Å². The Bertz CT molecular complexity index is 811. The molecule has 0 N–H and O–H groups in total. The molecule has 2 aromatic carbocycles. The zero-order valence-corrected chi connectivity index (χ0v) is 12.5. The zero-order chi connectivity index (χ0) is 15.0. The molecule has 0 amide bonds. The molecule has 0 saturated heterocycles. The number of halogens is 2. The Labute approximate surface area is 124 Å². The van der Waals surface area contributed by atoms with E-state index in [0.29, 0.717) is 26.8 Å². The van der Waals surface area contributed by atoms with Crippen molar-refractivity contribution in [1.29, 1.82) is 0 Å². The summed E-state index contributed by atoms with van der Waals surface area (Å²) in [6, 6.07) is 6.68. The molecule has 0 fully saturated rings. The van der Waals surface area contributed by atoms with Gasteiger partial charge in [-0.1, -0.05) is 6.92 Å². The van der Waals surface area contributed by atoms with Gasteiger partial charge in [-0.3, -0.25) is 0 Å². The normalized spacial score (nSPS) is 11.2. The number of methoxy groups -OCH3 is 1. The first-order valence-electron chi connectivity index (χ1n) is 6.67. The van der Waals surface area contributed by atoms with Gasteiger partial charge >= 0.3 is 0 Å². The molecule has 1 aromatic heterocycles. The van der Waals surface area contributed by atoms with Crippen LogP contribution in [0.25, 0.3) is 20.2 Å². The Morgan fingerprint density at radius 2 is 1.52 bits per heavy atom. The molecule has 2 nitrogen and oxygen atoms in total. The molecule has 110 valence electrons. The van der Waals surface area contributed by atoms with Gasteiger partial charge in [0.05, 0.1) is 23.1 Å². The van der Waals surface area contributed by atoms with Crippen LogP contribution in [0.15, 0.2) is 24.3 Å². The summed E-state index contributed by atoms with van der Waals surface area (Å²) in [6.07, 6.45) is 0.801. The molecule has 0 unspecified atom stereocenters. The molecule has 0 bridgehead atoms. The van der Waals surface area contributed by atoms with Crippen LogP contribution in [0, 0.1) is 11.6 Å². The smallest absolute Gasteiger partial charge is 0.182 e. The minimum Gasteiger partial charge on any atom is -0.494 e. The number of benzene rings is 2. The van der Waals surface area contributed by atoms with Crippen LogP contribution < -0.4 is 9.47 Å². The first kappa shape index (κ1) is 14.1. The van der Waals surface area contributed by atoms with Crippen molar-refractivity contribution < 1.29 is 18.3 Å². The molecule has 0 aliphatic carbocycles. The molecule has 0 radical (unpaired) electrons. The number of thiophene rings is 1. The van der Waals surface area contributed by atoms with Gasteiger partial charge in [0.1, 0.15) is 0 Å². The highest BCUT2D eigenvalue weighted by atomic mass is 32.1. The maximum absolute atomic E-state index is 14.5.